The van der Waals surface area contributed by atoms with Crippen molar-refractivity contribution in [2.24, 2.45) is 4.99 Å². The van der Waals surface area contributed by atoms with Crippen LogP contribution >= 0.6 is 35.6 Å². The van der Waals surface area contributed by atoms with Crippen molar-refractivity contribution < 1.29 is 9.84 Å². The van der Waals surface area contributed by atoms with Gasteiger partial charge in [0.2, 0.25) is 0 Å². The van der Waals surface area contributed by atoms with E-state index >= 15 is 0 Å². The van der Waals surface area contributed by atoms with Crippen LogP contribution in [0.4, 0.5) is 0 Å². The molecule has 0 fully saturated rings. The van der Waals surface area contributed by atoms with Gasteiger partial charge in [-0.2, -0.15) is 0 Å². The molecule has 0 unspecified atom stereocenters. The fraction of sp³-hybridized carbons (Fsp3) is 0.350. The lowest BCUT2D eigenvalue weighted by atomic mass is 10.1. The highest BCUT2D eigenvalue weighted by atomic mass is 127. The van der Waals surface area contributed by atoms with Crippen LogP contribution in [0.3, 0.4) is 0 Å². The molecule has 2 rings (SSSR count). The smallest absolute Gasteiger partial charge is 0.191 e. The minimum Gasteiger partial charge on any atom is -0.504 e. The number of phenols is 1. The predicted molar refractivity (Wildman–Crippen MR) is 123 cm³/mol. The molecule has 3 N–H and O–H groups in total. The van der Waals surface area contributed by atoms with Gasteiger partial charge in [0.05, 0.1) is 7.11 Å². The van der Waals surface area contributed by atoms with Crippen molar-refractivity contribution in [1.29, 1.82) is 0 Å². The zero-order chi connectivity index (χ0) is 18.8. The largest absolute Gasteiger partial charge is 0.504 e. The maximum Gasteiger partial charge on any atom is 0.191 e. The number of methoxy groups -OCH3 is 1. The third kappa shape index (κ3) is 7.84. The van der Waals surface area contributed by atoms with Gasteiger partial charge >= 0.3 is 0 Å². The summed E-state index contributed by atoms with van der Waals surface area (Å²) in [5, 5.41) is 17.4. The number of nitrogens with zero attached hydrogens (tertiary/aromatic N) is 1. The van der Waals surface area contributed by atoms with E-state index in [9.17, 15) is 5.11 Å². The summed E-state index contributed by atoms with van der Waals surface area (Å²) in [4.78, 5) is 4.57. The minimum atomic E-state index is 0. The van der Waals surface area contributed by atoms with Gasteiger partial charge in [-0.15, -0.1) is 24.0 Å². The molecule has 0 aliphatic carbocycles. The number of hydrogen-bond donors (Lipinski definition) is 3. The lowest BCUT2D eigenvalue weighted by Gasteiger charge is -2.12. The Bertz CT molecular complexity index is 724. The van der Waals surface area contributed by atoms with Gasteiger partial charge in [-0.05, 0) is 49.1 Å². The summed E-state index contributed by atoms with van der Waals surface area (Å²) in [7, 11) is 1.55. The summed E-state index contributed by atoms with van der Waals surface area (Å²) in [6.45, 7) is 4.16. The number of aliphatic imine (C=N–C) groups is 1. The second kappa shape index (κ2) is 12.7. The SMILES string of the molecule is CCNC(=NCCc1cccc(OC)c1O)NCCc1ccc(Cl)cc1.I. The predicted octanol–water partition coefficient (Wildman–Crippen LogP) is 4.01. The van der Waals surface area contributed by atoms with Crippen LogP contribution in [-0.2, 0) is 12.8 Å². The highest BCUT2D eigenvalue weighted by Crippen LogP contribution is 2.29. The number of para-hydroxylation sites is 1. The van der Waals surface area contributed by atoms with Gasteiger partial charge in [0.25, 0.3) is 0 Å². The fourth-order valence-electron chi connectivity index (χ4n) is 2.54. The van der Waals surface area contributed by atoms with Crippen molar-refractivity contribution in [3.8, 4) is 11.5 Å². The molecule has 0 saturated carbocycles. The Balaban J connectivity index is 0.00000364. The molecule has 0 amide bonds. The second-order valence-electron chi connectivity index (χ2n) is 5.78. The lowest BCUT2D eigenvalue weighted by Crippen LogP contribution is -2.38. The summed E-state index contributed by atoms with van der Waals surface area (Å²) in [6, 6.07) is 13.3. The first-order chi connectivity index (χ1) is 12.6. The average molecular weight is 504 g/mol. The van der Waals surface area contributed by atoms with Crippen molar-refractivity contribution in [2.75, 3.05) is 26.7 Å². The topological polar surface area (TPSA) is 65.9 Å². The normalized spacial score (nSPS) is 10.9. The summed E-state index contributed by atoms with van der Waals surface area (Å²) in [6.07, 6.45) is 1.52. The highest BCUT2D eigenvalue weighted by molar-refractivity contribution is 14.0. The van der Waals surface area contributed by atoms with Gasteiger partial charge in [-0.1, -0.05) is 35.9 Å². The maximum atomic E-state index is 10.1. The van der Waals surface area contributed by atoms with E-state index < -0.39 is 0 Å². The minimum absolute atomic E-state index is 0. The van der Waals surface area contributed by atoms with E-state index in [0.717, 1.165) is 36.1 Å². The molecule has 0 spiro atoms. The maximum absolute atomic E-state index is 10.1. The van der Waals surface area contributed by atoms with Crippen molar-refractivity contribution >= 4 is 41.5 Å². The fourth-order valence-corrected chi connectivity index (χ4v) is 2.67. The van der Waals surface area contributed by atoms with Gasteiger partial charge in [0, 0.05) is 24.7 Å². The van der Waals surface area contributed by atoms with Crippen molar-refractivity contribution in [1.82, 2.24) is 10.6 Å². The van der Waals surface area contributed by atoms with Gasteiger partial charge in [-0.3, -0.25) is 4.99 Å². The highest BCUT2D eigenvalue weighted by Gasteiger charge is 2.06. The van der Waals surface area contributed by atoms with Crippen LogP contribution in [0, 0.1) is 0 Å². The number of benzene rings is 2. The number of guanidine groups is 1. The van der Waals surface area contributed by atoms with Crippen LogP contribution in [0.2, 0.25) is 5.02 Å². The van der Waals surface area contributed by atoms with Crippen LogP contribution in [0.15, 0.2) is 47.5 Å². The van der Waals surface area contributed by atoms with E-state index in [0.29, 0.717) is 18.7 Å². The zero-order valence-corrected chi connectivity index (χ0v) is 18.8. The number of nitrogens with one attached hydrogen (secondary N) is 2. The summed E-state index contributed by atoms with van der Waals surface area (Å²) < 4.78 is 5.14. The average Bonchev–Trinajstić information content (AvgIpc) is 2.64. The molecule has 0 heterocycles. The number of rotatable bonds is 8. The Morgan fingerprint density at radius 2 is 1.85 bits per heavy atom. The third-order valence-electron chi connectivity index (χ3n) is 3.92. The Kier molecular flexibility index (Phi) is 11.0. The number of halogens is 2. The van der Waals surface area contributed by atoms with Crippen molar-refractivity contribution in [3.05, 3.63) is 58.6 Å². The molecule has 0 saturated heterocycles. The van der Waals surface area contributed by atoms with E-state index in [1.165, 1.54) is 5.56 Å². The van der Waals surface area contributed by atoms with E-state index in [-0.39, 0.29) is 29.7 Å². The molecule has 2 aromatic carbocycles. The molecule has 0 aliphatic rings. The van der Waals surface area contributed by atoms with Gasteiger partial charge in [0.15, 0.2) is 17.5 Å². The first-order valence-electron chi connectivity index (χ1n) is 8.75. The molecule has 7 heteroatoms. The van der Waals surface area contributed by atoms with Crippen molar-refractivity contribution in [3.63, 3.8) is 0 Å². The molecule has 27 heavy (non-hydrogen) atoms. The summed E-state index contributed by atoms with van der Waals surface area (Å²) in [5.74, 6) is 1.44. The van der Waals surface area contributed by atoms with Gasteiger partial charge in [0.1, 0.15) is 0 Å². The van der Waals surface area contributed by atoms with Crippen LogP contribution in [-0.4, -0.2) is 37.8 Å². The number of hydrogen-bond acceptors (Lipinski definition) is 3. The Morgan fingerprint density at radius 1 is 1.11 bits per heavy atom. The molecule has 0 radical (unpaired) electrons. The summed E-state index contributed by atoms with van der Waals surface area (Å²) in [5.41, 5.74) is 2.05. The number of phenolic OH excluding ortho intramolecular Hbond substituents is 1. The molecule has 0 aliphatic heterocycles. The van der Waals surface area contributed by atoms with E-state index in [1.54, 1.807) is 13.2 Å². The zero-order valence-electron chi connectivity index (χ0n) is 15.7. The van der Waals surface area contributed by atoms with Crippen LogP contribution < -0.4 is 15.4 Å². The molecular weight excluding hydrogens is 477 g/mol. The Hall–Kier alpha value is -1.67. The second-order valence-corrected chi connectivity index (χ2v) is 6.22. The van der Waals surface area contributed by atoms with Crippen LogP contribution in [0.5, 0.6) is 11.5 Å². The number of aromatic hydroxyl groups is 1. The lowest BCUT2D eigenvalue weighted by molar-refractivity contribution is 0.370. The molecule has 0 bridgehead atoms. The van der Waals surface area contributed by atoms with E-state index in [1.807, 2.05) is 43.3 Å². The van der Waals surface area contributed by atoms with Crippen LogP contribution in [0.1, 0.15) is 18.1 Å². The Morgan fingerprint density at radius 3 is 2.52 bits per heavy atom. The molecular formula is C20H27ClIN3O2. The quantitative estimate of drug-likeness (QED) is 0.289. The number of ether oxygens (including phenoxy) is 1. The van der Waals surface area contributed by atoms with E-state index in [2.05, 4.69) is 15.6 Å². The summed E-state index contributed by atoms with van der Waals surface area (Å²) >= 11 is 5.90. The molecule has 0 aromatic heterocycles. The monoisotopic (exact) mass is 503 g/mol. The molecule has 2 aromatic rings. The standard InChI is InChI=1S/C20H26ClN3O2.HI/c1-3-22-20(23-13-11-15-7-9-17(21)10-8-15)24-14-12-16-5-4-6-18(26-2)19(16)25;/h4-10,25H,3,11-14H2,1-2H3,(H2,22,23,24);1H. The first-order valence-corrected chi connectivity index (χ1v) is 9.13. The van der Waals surface area contributed by atoms with Gasteiger partial charge in [-0.25, -0.2) is 0 Å². The van der Waals surface area contributed by atoms with Crippen molar-refractivity contribution in [2.45, 2.75) is 19.8 Å². The van der Waals surface area contributed by atoms with Gasteiger partial charge < -0.3 is 20.5 Å². The third-order valence-corrected chi connectivity index (χ3v) is 4.17. The van der Waals surface area contributed by atoms with Crippen LogP contribution in [0.25, 0.3) is 0 Å². The molecule has 148 valence electrons. The van der Waals surface area contributed by atoms with E-state index in [4.69, 9.17) is 16.3 Å². The first kappa shape index (κ1) is 23.4. The molecule has 5 nitrogen and oxygen atoms in total. The molecule has 0 atom stereocenters. The Labute approximate surface area is 183 Å².